The maximum Gasteiger partial charge on any atom is 0.255 e. The Labute approximate surface area is 158 Å². The summed E-state index contributed by atoms with van der Waals surface area (Å²) in [5.74, 6) is -0.424. The number of rotatable bonds is 5. The van der Waals surface area contributed by atoms with Crippen LogP contribution in [0.1, 0.15) is 35.2 Å². The number of nitrogens with one attached hydrogen (secondary N) is 2. The molecule has 0 radical (unpaired) electrons. The fourth-order valence-corrected chi connectivity index (χ4v) is 3.02. The quantitative estimate of drug-likeness (QED) is 0.854. The molecular weight excluding hydrogens is 342 g/mol. The van der Waals surface area contributed by atoms with Crippen LogP contribution in [0.3, 0.4) is 0 Å². The zero-order valence-corrected chi connectivity index (χ0v) is 15.3. The largest absolute Gasteiger partial charge is 0.333 e. The molecule has 0 spiro atoms. The van der Waals surface area contributed by atoms with Crippen molar-refractivity contribution in [1.82, 2.24) is 4.90 Å². The molecule has 0 unspecified atom stereocenters. The third-order valence-corrected chi connectivity index (χ3v) is 4.56. The summed E-state index contributed by atoms with van der Waals surface area (Å²) in [7, 11) is 0. The van der Waals surface area contributed by atoms with Gasteiger partial charge in [0.15, 0.2) is 0 Å². The van der Waals surface area contributed by atoms with Crippen molar-refractivity contribution in [2.75, 3.05) is 23.7 Å². The van der Waals surface area contributed by atoms with Crippen molar-refractivity contribution in [3.05, 3.63) is 59.7 Å². The van der Waals surface area contributed by atoms with Crippen LogP contribution in [0.15, 0.2) is 48.5 Å². The Morgan fingerprint density at radius 1 is 1.04 bits per heavy atom. The molecule has 1 fully saturated rings. The van der Waals surface area contributed by atoms with Crippen molar-refractivity contribution >= 4 is 29.1 Å². The summed E-state index contributed by atoms with van der Waals surface area (Å²) in [5.41, 5.74) is 2.66. The van der Waals surface area contributed by atoms with Gasteiger partial charge in [0.25, 0.3) is 5.91 Å². The molecule has 2 N–H and O–H groups in total. The highest BCUT2D eigenvalue weighted by Gasteiger charge is 2.20. The molecule has 140 valence electrons. The lowest BCUT2D eigenvalue weighted by molar-refractivity contribution is -0.136. The van der Waals surface area contributed by atoms with Crippen LogP contribution < -0.4 is 10.6 Å². The Morgan fingerprint density at radius 3 is 2.56 bits per heavy atom. The van der Waals surface area contributed by atoms with Gasteiger partial charge in [0.2, 0.25) is 11.8 Å². The molecule has 0 bridgehead atoms. The summed E-state index contributed by atoms with van der Waals surface area (Å²) < 4.78 is 0. The zero-order valence-electron chi connectivity index (χ0n) is 15.3. The van der Waals surface area contributed by atoms with E-state index in [1.807, 2.05) is 19.1 Å². The summed E-state index contributed by atoms with van der Waals surface area (Å²) in [5, 5.41) is 5.68. The van der Waals surface area contributed by atoms with Crippen molar-refractivity contribution in [2.45, 2.75) is 26.2 Å². The van der Waals surface area contributed by atoms with Gasteiger partial charge in [-0.3, -0.25) is 14.4 Å². The van der Waals surface area contributed by atoms with Gasteiger partial charge in [-0.25, -0.2) is 0 Å². The van der Waals surface area contributed by atoms with Gasteiger partial charge < -0.3 is 15.5 Å². The number of benzene rings is 2. The molecule has 1 aliphatic rings. The predicted molar refractivity (Wildman–Crippen MR) is 105 cm³/mol. The summed E-state index contributed by atoms with van der Waals surface area (Å²) in [4.78, 5) is 38.1. The minimum atomic E-state index is -0.236. The van der Waals surface area contributed by atoms with E-state index in [1.165, 1.54) is 0 Å². The Hall–Kier alpha value is -3.15. The summed E-state index contributed by atoms with van der Waals surface area (Å²) in [6, 6.07) is 14.3. The molecule has 3 amide bonds. The van der Waals surface area contributed by atoms with Crippen LogP contribution in [-0.2, 0) is 9.59 Å². The summed E-state index contributed by atoms with van der Waals surface area (Å²) >= 11 is 0. The molecule has 1 heterocycles. The number of anilines is 2. The number of likely N-dealkylation sites (tertiary alicyclic amines) is 1. The second kappa shape index (κ2) is 8.49. The zero-order chi connectivity index (χ0) is 19.2. The molecule has 6 heteroatoms. The van der Waals surface area contributed by atoms with Gasteiger partial charge in [0, 0.05) is 29.9 Å². The molecular formula is C21H23N3O3. The number of carbonyl (C=O) groups is 3. The third kappa shape index (κ3) is 4.94. The van der Waals surface area contributed by atoms with Gasteiger partial charge in [0.05, 0.1) is 6.54 Å². The van der Waals surface area contributed by atoms with E-state index in [0.29, 0.717) is 29.9 Å². The van der Waals surface area contributed by atoms with Crippen molar-refractivity contribution in [2.24, 2.45) is 0 Å². The van der Waals surface area contributed by atoms with Gasteiger partial charge in [-0.2, -0.15) is 0 Å². The molecule has 0 saturated carbocycles. The van der Waals surface area contributed by atoms with E-state index in [4.69, 9.17) is 0 Å². The molecule has 0 atom stereocenters. The number of piperidine rings is 1. The second-order valence-corrected chi connectivity index (χ2v) is 6.67. The number of carbonyl (C=O) groups excluding carboxylic acids is 3. The topological polar surface area (TPSA) is 78.5 Å². The number of amides is 3. The minimum absolute atomic E-state index is 0.0250. The van der Waals surface area contributed by atoms with E-state index < -0.39 is 0 Å². The predicted octanol–water partition coefficient (Wildman–Crippen LogP) is 3.20. The average Bonchev–Trinajstić information content (AvgIpc) is 2.67. The summed E-state index contributed by atoms with van der Waals surface area (Å²) in [6.45, 7) is 2.56. The third-order valence-electron chi connectivity index (χ3n) is 4.56. The van der Waals surface area contributed by atoms with Crippen LogP contribution >= 0.6 is 0 Å². The molecule has 1 aliphatic heterocycles. The van der Waals surface area contributed by atoms with Crippen LogP contribution in [0.2, 0.25) is 0 Å². The number of aryl methyl sites for hydroxylation is 1. The lowest BCUT2D eigenvalue weighted by Crippen LogP contribution is -2.40. The van der Waals surface area contributed by atoms with Gasteiger partial charge in [-0.15, -0.1) is 0 Å². The van der Waals surface area contributed by atoms with Gasteiger partial charge >= 0.3 is 0 Å². The molecule has 1 saturated heterocycles. The number of nitrogens with zero attached hydrogens (tertiary/aromatic N) is 1. The monoisotopic (exact) mass is 365 g/mol. The fourth-order valence-electron chi connectivity index (χ4n) is 3.02. The van der Waals surface area contributed by atoms with Crippen molar-refractivity contribution in [3.63, 3.8) is 0 Å². The van der Waals surface area contributed by atoms with Gasteiger partial charge in [-0.05, 0) is 49.6 Å². The van der Waals surface area contributed by atoms with Crippen LogP contribution in [0.25, 0.3) is 0 Å². The minimum Gasteiger partial charge on any atom is -0.333 e. The molecule has 0 aromatic heterocycles. The normalized spacial score (nSPS) is 14.0. The lowest BCUT2D eigenvalue weighted by Gasteiger charge is -2.26. The maximum atomic E-state index is 12.3. The molecule has 0 aliphatic carbocycles. The first-order chi connectivity index (χ1) is 13.0. The van der Waals surface area contributed by atoms with Crippen LogP contribution in [0.4, 0.5) is 11.4 Å². The Bertz CT molecular complexity index is 849. The highest BCUT2D eigenvalue weighted by Crippen LogP contribution is 2.21. The molecule has 6 nitrogen and oxygen atoms in total. The SMILES string of the molecule is Cc1ccc(NC(=O)c2ccccc2)cc1NC(=O)CN1CCCCC1=O. The number of hydrogen-bond donors (Lipinski definition) is 2. The Morgan fingerprint density at radius 2 is 1.81 bits per heavy atom. The van der Waals surface area contributed by atoms with Crippen molar-refractivity contribution in [1.29, 1.82) is 0 Å². The van der Waals surface area contributed by atoms with Crippen molar-refractivity contribution in [3.8, 4) is 0 Å². The van der Waals surface area contributed by atoms with E-state index in [9.17, 15) is 14.4 Å². The molecule has 2 aromatic carbocycles. The first-order valence-corrected chi connectivity index (χ1v) is 9.07. The standard InChI is InChI=1S/C21H23N3O3/c1-15-10-11-17(22-21(27)16-7-3-2-4-8-16)13-18(15)23-19(25)14-24-12-6-5-9-20(24)26/h2-4,7-8,10-11,13H,5-6,9,12,14H2,1H3,(H,22,27)(H,23,25). The first kappa shape index (κ1) is 18.6. The van der Waals surface area contributed by atoms with Gasteiger partial charge in [0.1, 0.15) is 0 Å². The van der Waals surface area contributed by atoms with E-state index in [1.54, 1.807) is 41.3 Å². The van der Waals surface area contributed by atoms with Crippen LogP contribution in [0, 0.1) is 6.92 Å². The van der Waals surface area contributed by atoms with Crippen LogP contribution in [0.5, 0.6) is 0 Å². The molecule has 3 rings (SSSR count). The van der Waals surface area contributed by atoms with E-state index in [2.05, 4.69) is 10.6 Å². The molecule has 2 aromatic rings. The number of hydrogen-bond acceptors (Lipinski definition) is 3. The van der Waals surface area contributed by atoms with Crippen molar-refractivity contribution < 1.29 is 14.4 Å². The van der Waals surface area contributed by atoms with E-state index in [-0.39, 0.29) is 24.3 Å². The second-order valence-electron chi connectivity index (χ2n) is 6.67. The van der Waals surface area contributed by atoms with E-state index >= 15 is 0 Å². The highest BCUT2D eigenvalue weighted by atomic mass is 16.2. The first-order valence-electron chi connectivity index (χ1n) is 9.07. The molecule has 27 heavy (non-hydrogen) atoms. The summed E-state index contributed by atoms with van der Waals surface area (Å²) in [6.07, 6.45) is 2.32. The average molecular weight is 365 g/mol. The Kier molecular flexibility index (Phi) is 5.86. The smallest absolute Gasteiger partial charge is 0.255 e. The highest BCUT2D eigenvalue weighted by molar-refractivity contribution is 6.04. The van der Waals surface area contributed by atoms with E-state index in [0.717, 1.165) is 18.4 Å². The Balaban J connectivity index is 1.65. The fraction of sp³-hybridized carbons (Fsp3) is 0.286. The van der Waals surface area contributed by atoms with Crippen LogP contribution in [-0.4, -0.2) is 35.7 Å². The maximum absolute atomic E-state index is 12.3. The lowest BCUT2D eigenvalue weighted by atomic mass is 10.1. The van der Waals surface area contributed by atoms with Gasteiger partial charge in [-0.1, -0.05) is 24.3 Å².